The number of ether oxygens (including phenoxy) is 1. The van der Waals surface area contributed by atoms with E-state index in [1.165, 1.54) is 0 Å². The van der Waals surface area contributed by atoms with Gasteiger partial charge in [0.25, 0.3) is 0 Å². The van der Waals surface area contributed by atoms with Crippen LogP contribution in [0.4, 0.5) is 0 Å². The van der Waals surface area contributed by atoms with E-state index in [2.05, 4.69) is 65.0 Å². The average Bonchev–Trinajstić information content (AvgIpc) is 3.22. The molecule has 0 aromatic rings. The number of hydrogen-bond acceptors (Lipinski definition) is 3. The molecule has 1 aliphatic carbocycles. The molecule has 3 unspecified atom stereocenters. The van der Waals surface area contributed by atoms with Gasteiger partial charge in [0.1, 0.15) is 11.2 Å². The second-order valence-electron chi connectivity index (χ2n) is 9.08. The van der Waals surface area contributed by atoms with Crippen LogP contribution in [0.2, 0.25) is 0 Å². The number of epoxide rings is 1. The van der Waals surface area contributed by atoms with Gasteiger partial charge < -0.3 is 14.9 Å². The molecule has 3 heteroatoms. The van der Waals surface area contributed by atoms with Crippen molar-refractivity contribution >= 4 is 0 Å². The fraction of sp³-hybridized carbons (Fsp3) is 0.520. The quantitative estimate of drug-likeness (QED) is 0.469. The van der Waals surface area contributed by atoms with Gasteiger partial charge >= 0.3 is 0 Å². The lowest BCUT2D eigenvalue weighted by Gasteiger charge is -2.39. The fourth-order valence-corrected chi connectivity index (χ4v) is 4.27. The zero-order valence-electron chi connectivity index (χ0n) is 18.2. The zero-order chi connectivity index (χ0) is 21.0. The molecule has 28 heavy (non-hydrogen) atoms. The van der Waals surface area contributed by atoms with Crippen molar-refractivity contribution in [3.63, 3.8) is 0 Å². The van der Waals surface area contributed by atoms with Crippen molar-refractivity contribution in [2.45, 2.75) is 71.7 Å². The average molecular weight is 385 g/mol. The first-order valence-corrected chi connectivity index (χ1v) is 10.1. The molecule has 0 amide bonds. The summed E-state index contributed by atoms with van der Waals surface area (Å²) in [5, 5.41) is 19.1. The molecule has 1 saturated carbocycles. The Morgan fingerprint density at radius 2 is 1.54 bits per heavy atom. The third kappa shape index (κ3) is 5.02. The Labute approximate surface area is 170 Å². The fourth-order valence-electron chi connectivity index (χ4n) is 4.27. The Balaban J connectivity index is 1.98. The summed E-state index contributed by atoms with van der Waals surface area (Å²) in [5.74, 6) is 0. The maximum absolute atomic E-state index is 10.1. The number of aliphatic hydroxyl groups is 2. The number of aliphatic hydroxyl groups excluding tert-OH is 2. The highest BCUT2D eigenvalue weighted by Crippen LogP contribution is 2.66. The van der Waals surface area contributed by atoms with Gasteiger partial charge in [-0.2, -0.15) is 0 Å². The summed E-state index contributed by atoms with van der Waals surface area (Å²) in [6.45, 7) is 12.6. The Hall–Kier alpha value is -1.68. The van der Waals surface area contributed by atoms with Gasteiger partial charge in [-0.3, -0.25) is 0 Å². The van der Waals surface area contributed by atoms with Crippen LogP contribution in [0.1, 0.15) is 54.4 Å². The highest BCUT2D eigenvalue weighted by molar-refractivity contribution is 5.36. The van der Waals surface area contributed by atoms with Crippen molar-refractivity contribution in [1.29, 1.82) is 0 Å². The third-order valence-electron chi connectivity index (χ3n) is 5.91. The highest BCUT2D eigenvalue weighted by atomic mass is 16.6. The Bertz CT molecular complexity index is 748. The van der Waals surface area contributed by atoms with E-state index in [0.29, 0.717) is 6.42 Å². The van der Waals surface area contributed by atoms with Crippen LogP contribution in [0.15, 0.2) is 71.4 Å². The predicted octanol–water partition coefficient (Wildman–Crippen LogP) is 5.19. The Morgan fingerprint density at radius 3 is 2.18 bits per heavy atom. The minimum atomic E-state index is -0.282. The predicted molar refractivity (Wildman–Crippen MR) is 117 cm³/mol. The van der Waals surface area contributed by atoms with Gasteiger partial charge in [0.2, 0.25) is 0 Å². The van der Waals surface area contributed by atoms with Crippen LogP contribution < -0.4 is 0 Å². The molecule has 2 aliphatic rings. The molecule has 1 saturated heterocycles. The van der Waals surface area contributed by atoms with Gasteiger partial charge in [-0.15, -0.1) is 0 Å². The molecule has 2 rings (SSSR count). The molecule has 154 valence electrons. The first kappa shape index (κ1) is 22.6. The van der Waals surface area contributed by atoms with E-state index in [-0.39, 0.29) is 29.3 Å². The highest BCUT2D eigenvalue weighted by Gasteiger charge is 2.74. The molecule has 3 atom stereocenters. The van der Waals surface area contributed by atoms with Crippen molar-refractivity contribution in [1.82, 2.24) is 0 Å². The molecule has 0 bridgehead atoms. The summed E-state index contributed by atoms with van der Waals surface area (Å²) in [5.41, 5.74) is 2.64. The smallest absolute Gasteiger partial charge is 0.121 e. The molecule has 0 aromatic heterocycles. The summed E-state index contributed by atoms with van der Waals surface area (Å²) in [6.07, 6.45) is 19.6. The van der Waals surface area contributed by atoms with E-state index >= 15 is 0 Å². The van der Waals surface area contributed by atoms with E-state index in [1.807, 2.05) is 31.2 Å². The zero-order valence-corrected chi connectivity index (χ0v) is 18.2. The molecule has 0 spiro atoms. The molecular weight excluding hydrogens is 348 g/mol. The van der Waals surface area contributed by atoms with Gasteiger partial charge in [0.15, 0.2) is 0 Å². The van der Waals surface area contributed by atoms with Gasteiger partial charge in [-0.05, 0) is 45.8 Å². The second kappa shape index (κ2) is 8.77. The summed E-state index contributed by atoms with van der Waals surface area (Å²) >= 11 is 0. The minimum Gasteiger partial charge on any atom is -0.393 e. The molecule has 1 aliphatic heterocycles. The maximum atomic E-state index is 10.1. The summed E-state index contributed by atoms with van der Waals surface area (Å²) in [7, 11) is 0. The van der Waals surface area contributed by atoms with E-state index in [9.17, 15) is 5.11 Å². The first-order chi connectivity index (χ1) is 13.1. The van der Waals surface area contributed by atoms with Crippen LogP contribution >= 0.6 is 0 Å². The van der Waals surface area contributed by atoms with Crippen molar-refractivity contribution in [3.05, 3.63) is 71.4 Å². The van der Waals surface area contributed by atoms with Gasteiger partial charge in [-0.25, -0.2) is 0 Å². The molecule has 2 fully saturated rings. The summed E-state index contributed by atoms with van der Waals surface area (Å²) in [6, 6.07) is 0. The lowest BCUT2D eigenvalue weighted by Crippen LogP contribution is -2.46. The number of allylic oxidation sites excluding steroid dienone is 10. The molecule has 1 heterocycles. The summed E-state index contributed by atoms with van der Waals surface area (Å²) < 4.78 is 6.18. The number of hydrogen-bond donors (Lipinski definition) is 2. The third-order valence-corrected chi connectivity index (χ3v) is 5.91. The van der Waals surface area contributed by atoms with E-state index in [1.54, 1.807) is 0 Å². The van der Waals surface area contributed by atoms with E-state index in [4.69, 9.17) is 9.84 Å². The van der Waals surface area contributed by atoms with E-state index in [0.717, 1.165) is 23.1 Å². The van der Waals surface area contributed by atoms with Gasteiger partial charge in [0, 0.05) is 11.8 Å². The number of rotatable bonds is 7. The lowest BCUT2D eigenvalue weighted by atomic mass is 9.63. The SMILES string of the molecule is CC(=C/C=C/C(C)=C/C=C/C=C(/C)CO)/C=C/C12OC1(C)CC(O)CC2(C)C. The number of fused-ring (bicyclic) bond motifs is 1. The minimum absolute atomic E-state index is 0.0828. The topological polar surface area (TPSA) is 53.0 Å². The molecule has 0 aromatic carbocycles. The first-order valence-electron chi connectivity index (χ1n) is 10.1. The molecule has 2 N–H and O–H groups in total. The standard InChI is InChI=1S/C25H36O3/c1-19(10-7-8-11-21(3)18-26)12-9-13-20(2)14-15-25-23(4,5)16-22(27)17-24(25,6)28-25/h7-15,22,26-27H,16-18H2,1-6H3/b8-7+,12-9+,15-14+,19-10+,20-13-,21-11-. The monoisotopic (exact) mass is 384 g/mol. The molecular formula is C25H36O3. The van der Waals surface area contributed by atoms with Crippen LogP contribution in [0.25, 0.3) is 0 Å². The van der Waals surface area contributed by atoms with Crippen LogP contribution in [-0.2, 0) is 4.74 Å². The van der Waals surface area contributed by atoms with Crippen LogP contribution in [0.3, 0.4) is 0 Å². The Kier molecular flexibility index (Phi) is 7.08. The van der Waals surface area contributed by atoms with Crippen molar-refractivity contribution in [2.24, 2.45) is 5.41 Å². The van der Waals surface area contributed by atoms with Crippen LogP contribution in [0.5, 0.6) is 0 Å². The van der Waals surface area contributed by atoms with Crippen LogP contribution in [-0.4, -0.2) is 34.1 Å². The molecule has 3 nitrogen and oxygen atoms in total. The van der Waals surface area contributed by atoms with Gasteiger partial charge in [-0.1, -0.05) is 73.6 Å². The lowest BCUT2D eigenvalue weighted by molar-refractivity contribution is 0.0515. The van der Waals surface area contributed by atoms with Crippen molar-refractivity contribution < 1.29 is 14.9 Å². The van der Waals surface area contributed by atoms with E-state index < -0.39 is 0 Å². The molecule has 0 radical (unpaired) electrons. The van der Waals surface area contributed by atoms with Crippen molar-refractivity contribution in [2.75, 3.05) is 6.61 Å². The van der Waals surface area contributed by atoms with Crippen LogP contribution in [0, 0.1) is 5.41 Å². The van der Waals surface area contributed by atoms with Crippen molar-refractivity contribution in [3.8, 4) is 0 Å². The normalized spacial score (nSPS) is 33.9. The maximum Gasteiger partial charge on any atom is 0.121 e. The Morgan fingerprint density at radius 1 is 0.929 bits per heavy atom. The van der Waals surface area contributed by atoms with Gasteiger partial charge in [0.05, 0.1) is 12.7 Å². The summed E-state index contributed by atoms with van der Waals surface area (Å²) in [4.78, 5) is 0. The largest absolute Gasteiger partial charge is 0.393 e. The second-order valence-corrected chi connectivity index (χ2v) is 9.08.